The predicted molar refractivity (Wildman–Crippen MR) is 77.2 cm³/mol. The number of rotatable bonds is 4. The smallest absolute Gasteiger partial charge is 0.342 e. The first-order chi connectivity index (χ1) is 9.75. The zero-order valence-corrected chi connectivity index (χ0v) is 13.1. The van der Waals surface area contributed by atoms with Crippen LogP contribution in [0.15, 0.2) is 12.4 Å². The molecule has 0 aromatic carbocycles. The van der Waals surface area contributed by atoms with Gasteiger partial charge in [-0.15, -0.1) is 0 Å². The van der Waals surface area contributed by atoms with E-state index in [1.807, 2.05) is 0 Å². The Hall–Kier alpha value is -1.87. The van der Waals surface area contributed by atoms with Gasteiger partial charge in [0, 0.05) is 7.05 Å². The molecule has 0 saturated carbocycles. The van der Waals surface area contributed by atoms with Crippen LogP contribution in [0.3, 0.4) is 0 Å². The summed E-state index contributed by atoms with van der Waals surface area (Å²) < 4.78 is 30.8. The molecule has 0 aliphatic carbocycles. The first-order valence-electron chi connectivity index (χ1n) is 5.90. The number of sulfonamides is 1. The number of aromatic nitrogens is 3. The molecule has 0 radical (unpaired) electrons. The van der Waals surface area contributed by atoms with Crippen molar-refractivity contribution in [2.75, 3.05) is 24.2 Å². The number of halogens is 1. The maximum atomic E-state index is 12.0. The number of carbonyl (C=O) groups excluding carboxylic acids is 1. The predicted octanol–water partition coefficient (Wildman–Crippen LogP) is 0.955. The molecule has 0 amide bonds. The summed E-state index contributed by atoms with van der Waals surface area (Å²) in [6, 6.07) is 0. The van der Waals surface area contributed by atoms with E-state index in [9.17, 15) is 13.2 Å². The summed E-state index contributed by atoms with van der Waals surface area (Å²) in [5.74, 6) is -0.683. The monoisotopic (exact) mass is 332 g/mol. The number of nitrogens with zero attached hydrogens (tertiary/aromatic N) is 4. The first-order valence-corrected chi connectivity index (χ1v) is 8.13. The lowest BCUT2D eigenvalue weighted by molar-refractivity contribution is 0.0526. The minimum absolute atomic E-state index is 0.000424. The first kappa shape index (κ1) is 15.5. The number of anilines is 1. The summed E-state index contributed by atoms with van der Waals surface area (Å²) >= 11 is 5.81. The fourth-order valence-electron chi connectivity index (χ4n) is 1.73. The van der Waals surface area contributed by atoms with Crippen molar-refractivity contribution < 1.29 is 17.9 Å². The van der Waals surface area contributed by atoms with E-state index in [4.69, 9.17) is 16.3 Å². The number of imidazole rings is 1. The zero-order valence-electron chi connectivity index (χ0n) is 11.6. The zero-order chi connectivity index (χ0) is 15.8. The van der Waals surface area contributed by atoms with Crippen molar-refractivity contribution in [3.8, 4) is 0 Å². The minimum Gasteiger partial charge on any atom is -0.462 e. The molecule has 0 bridgehead atoms. The fourth-order valence-corrected chi connectivity index (χ4v) is 2.41. The molecular weight excluding hydrogens is 320 g/mol. The van der Waals surface area contributed by atoms with Gasteiger partial charge in [0.15, 0.2) is 5.65 Å². The standard InChI is InChI=1S/C11H13ClN4O4S/c1-4-20-11(17)7-5-13-16-6-8(12)14-10(16)9(7)15(2)21(3,18)19/h5-6H,4H2,1-3H3. The fraction of sp³-hybridized carbons (Fsp3) is 0.364. The van der Waals surface area contributed by atoms with E-state index in [2.05, 4.69) is 10.1 Å². The van der Waals surface area contributed by atoms with E-state index in [1.165, 1.54) is 24.0 Å². The van der Waals surface area contributed by atoms with E-state index in [0.29, 0.717) is 0 Å². The van der Waals surface area contributed by atoms with Crippen molar-refractivity contribution in [1.82, 2.24) is 14.6 Å². The molecule has 0 atom stereocenters. The highest BCUT2D eigenvalue weighted by molar-refractivity contribution is 7.92. The van der Waals surface area contributed by atoms with E-state index in [0.717, 1.165) is 10.6 Å². The number of carbonyl (C=O) groups is 1. The van der Waals surface area contributed by atoms with E-state index in [1.54, 1.807) is 6.92 Å². The van der Waals surface area contributed by atoms with Crippen molar-refractivity contribution in [3.05, 3.63) is 23.1 Å². The third-order valence-corrected chi connectivity index (χ3v) is 4.10. The van der Waals surface area contributed by atoms with Gasteiger partial charge in [0.25, 0.3) is 0 Å². The summed E-state index contributed by atoms with van der Waals surface area (Å²) in [6.45, 7) is 1.80. The highest BCUT2D eigenvalue weighted by Crippen LogP contribution is 2.27. The van der Waals surface area contributed by atoms with Crippen LogP contribution >= 0.6 is 11.6 Å². The molecule has 0 spiro atoms. The second kappa shape index (κ2) is 5.49. The topological polar surface area (TPSA) is 93.9 Å². The molecule has 2 heterocycles. The van der Waals surface area contributed by atoms with Crippen molar-refractivity contribution >= 4 is 38.9 Å². The molecule has 0 N–H and O–H groups in total. The molecule has 21 heavy (non-hydrogen) atoms. The molecule has 0 saturated heterocycles. The Labute approximate surface area is 126 Å². The molecule has 114 valence electrons. The van der Waals surface area contributed by atoms with Crippen molar-refractivity contribution in [3.63, 3.8) is 0 Å². The number of fused-ring (bicyclic) bond motifs is 1. The van der Waals surface area contributed by atoms with Gasteiger partial charge in [0.1, 0.15) is 16.4 Å². The van der Waals surface area contributed by atoms with Crippen LogP contribution in [-0.4, -0.2) is 48.9 Å². The normalized spacial score (nSPS) is 11.6. The average molecular weight is 333 g/mol. The maximum Gasteiger partial charge on any atom is 0.342 e. The summed E-state index contributed by atoms with van der Waals surface area (Å²) in [6.07, 6.45) is 3.65. The Bertz CT molecular complexity index is 802. The SMILES string of the molecule is CCOC(=O)c1cnn2cc(Cl)nc2c1N(C)S(C)(=O)=O. The second-order valence-electron chi connectivity index (χ2n) is 4.19. The quantitative estimate of drug-likeness (QED) is 0.774. The molecule has 0 unspecified atom stereocenters. The molecule has 8 nitrogen and oxygen atoms in total. The van der Waals surface area contributed by atoms with E-state index >= 15 is 0 Å². The lowest BCUT2D eigenvalue weighted by Gasteiger charge is -2.19. The lowest BCUT2D eigenvalue weighted by Crippen LogP contribution is -2.28. The highest BCUT2D eigenvalue weighted by Gasteiger charge is 2.25. The Morgan fingerprint density at radius 2 is 2.19 bits per heavy atom. The minimum atomic E-state index is -3.61. The lowest BCUT2D eigenvalue weighted by atomic mass is 10.2. The molecule has 0 fully saturated rings. The van der Waals surface area contributed by atoms with Crippen molar-refractivity contribution in [1.29, 1.82) is 0 Å². The Kier molecular flexibility index (Phi) is 4.06. The Balaban J connectivity index is 2.77. The van der Waals surface area contributed by atoms with Crippen molar-refractivity contribution in [2.24, 2.45) is 0 Å². The van der Waals surface area contributed by atoms with Gasteiger partial charge < -0.3 is 4.74 Å². The third-order valence-electron chi connectivity index (χ3n) is 2.74. The Morgan fingerprint density at radius 3 is 2.76 bits per heavy atom. The van der Waals surface area contributed by atoms with Gasteiger partial charge in [-0.25, -0.2) is 22.7 Å². The van der Waals surface area contributed by atoms with Gasteiger partial charge in [-0.3, -0.25) is 4.31 Å². The number of ether oxygens (including phenoxy) is 1. The number of hydrogen-bond acceptors (Lipinski definition) is 6. The van der Waals surface area contributed by atoms with Crippen LogP contribution in [0.4, 0.5) is 5.69 Å². The van der Waals surface area contributed by atoms with Crippen LogP contribution in [0.2, 0.25) is 5.15 Å². The molecule has 0 aliphatic heterocycles. The van der Waals surface area contributed by atoms with Crippen LogP contribution in [0.1, 0.15) is 17.3 Å². The van der Waals surface area contributed by atoms with E-state index in [-0.39, 0.29) is 28.7 Å². The molecule has 0 aliphatic rings. The van der Waals surface area contributed by atoms with Gasteiger partial charge in [-0.1, -0.05) is 11.6 Å². The number of hydrogen-bond donors (Lipinski definition) is 0. The van der Waals surface area contributed by atoms with Gasteiger partial charge in [-0.2, -0.15) is 5.10 Å². The third kappa shape index (κ3) is 2.93. The van der Waals surface area contributed by atoms with Crippen LogP contribution in [0.5, 0.6) is 0 Å². The van der Waals surface area contributed by atoms with Gasteiger partial charge in [-0.05, 0) is 6.92 Å². The average Bonchev–Trinajstić information content (AvgIpc) is 2.76. The summed E-state index contributed by atoms with van der Waals surface area (Å²) in [5.41, 5.74) is 0.218. The van der Waals surface area contributed by atoms with Crippen LogP contribution < -0.4 is 4.31 Å². The highest BCUT2D eigenvalue weighted by atomic mass is 35.5. The van der Waals surface area contributed by atoms with Crippen molar-refractivity contribution in [2.45, 2.75) is 6.92 Å². The maximum absolute atomic E-state index is 12.0. The summed E-state index contributed by atoms with van der Waals surface area (Å²) in [5, 5.41) is 4.11. The van der Waals surface area contributed by atoms with Crippen LogP contribution in [0, 0.1) is 0 Å². The molecule has 2 rings (SSSR count). The summed E-state index contributed by atoms with van der Waals surface area (Å²) in [4.78, 5) is 16.0. The van der Waals surface area contributed by atoms with Crippen LogP contribution in [-0.2, 0) is 14.8 Å². The number of esters is 1. The molecule has 2 aromatic heterocycles. The van der Waals surface area contributed by atoms with Gasteiger partial charge in [0.05, 0.1) is 25.3 Å². The molecular formula is C11H13ClN4O4S. The molecule has 2 aromatic rings. The van der Waals surface area contributed by atoms with E-state index < -0.39 is 16.0 Å². The Morgan fingerprint density at radius 1 is 1.52 bits per heavy atom. The second-order valence-corrected chi connectivity index (χ2v) is 6.59. The van der Waals surface area contributed by atoms with Gasteiger partial charge >= 0.3 is 5.97 Å². The summed E-state index contributed by atoms with van der Waals surface area (Å²) in [7, 11) is -2.29. The largest absolute Gasteiger partial charge is 0.462 e. The molecule has 10 heteroatoms. The van der Waals surface area contributed by atoms with Gasteiger partial charge in [0.2, 0.25) is 10.0 Å². The van der Waals surface area contributed by atoms with Crippen LogP contribution in [0.25, 0.3) is 5.65 Å².